The van der Waals surface area contributed by atoms with Crippen LogP contribution in [-0.2, 0) is 13.1 Å². The number of nitrogens with zero attached hydrogens (tertiary/aromatic N) is 2. The van der Waals surface area contributed by atoms with Gasteiger partial charge in [-0.25, -0.2) is 0 Å². The summed E-state index contributed by atoms with van der Waals surface area (Å²) in [5.41, 5.74) is 3.86. The number of rotatable bonds is 52. The van der Waals surface area contributed by atoms with Crippen LogP contribution in [0.25, 0.3) is 31.0 Å². The second-order valence-electron chi connectivity index (χ2n) is 23.9. The molecule has 0 fully saturated rings. The van der Waals surface area contributed by atoms with E-state index >= 15 is 0 Å². The van der Waals surface area contributed by atoms with E-state index in [-0.39, 0.29) is 40.1 Å². The van der Waals surface area contributed by atoms with Crippen molar-refractivity contribution in [3.8, 4) is 20.0 Å². The van der Waals surface area contributed by atoms with Crippen LogP contribution in [0.15, 0.2) is 55.9 Å². The van der Waals surface area contributed by atoms with Gasteiger partial charge in [0.1, 0.15) is 0 Å². The SMILES string of the molecule is CCCCCCCCCCCCC(CCCCCCCCCC)CCCCn1c(=O)c(-c2ccc[se]2)cc2c1cc(-c1ccc[se]1)c(=O)n2CCCCC(CCCCCCCCCC)CCCCCCCCCCCC. The van der Waals surface area contributed by atoms with E-state index in [1.807, 2.05) is 0 Å². The molecule has 0 aliphatic carbocycles. The van der Waals surface area contributed by atoms with Gasteiger partial charge in [-0.05, 0) is 0 Å². The zero-order valence-corrected chi connectivity index (χ0v) is 53.7. The summed E-state index contributed by atoms with van der Waals surface area (Å²) in [6, 6.07) is 12.8. The van der Waals surface area contributed by atoms with E-state index in [9.17, 15) is 9.59 Å². The van der Waals surface area contributed by atoms with Gasteiger partial charge >= 0.3 is 277 Å². The van der Waals surface area contributed by atoms with Gasteiger partial charge < -0.3 is 0 Å². The standard InChI is InChI=1S/C70H118N2O2Se2/c1-5-9-13-17-21-25-27-31-35-39-49-61(47-37-33-29-23-19-15-11-7-3)51-41-43-55-71-65-59-64(68-54-46-58-76-68)70(74)72(66(65)60-63(69(71)73)67-53-45-57-75-67)56-44-42-52-62(48-38-34-30-24-20-16-12-8-4)50-40-36-32-28-26-22-18-14-10-6-2/h45-46,53-54,57-62H,5-44,47-52,55-56H2,1-4H3. The van der Waals surface area contributed by atoms with Crippen molar-refractivity contribution >= 4 is 40.0 Å². The molecular weight excluding hydrogens is 1060 g/mol. The first-order valence-electron chi connectivity index (χ1n) is 33.4. The summed E-state index contributed by atoms with van der Waals surface area (Å²) < 4.78 is 6.55. The van der Waals surface area contributed by atoms with E-state index in [1.54, 1.807) is 0 Å². The van der Waals surface area contributed by atoms with E-state index in [1.165, 1.54) is 270 Å². The number of aromatic nitrogens is 2. The molecule has 0 amide bonds. The molecule has 4 nitrogen and oxygen atoms in total. The number of aryl methyl sites for hydroxylation is 2. The van der Waals surface area contributed by atoms with Crippen LogP contribution in [-0.4, -0.2) is 38.1 Å². The molecule has 2 unspecified atom stereocenters. The second-order valence-corrected chi connectivity index (χ2v) is 27.9. The summed E-state index contributed by atoms with van der Waals surface area (Å²) in [6.07, 6.45) is 62.5. The molecule has 6 heteroatoms. The fraction of sp³-hybridized carbons (Fsp3) is 0.771. The fourth-order valence-electron chi connectivity index (χ4n) is 12.4. The molecule has 0 saturated heterocycles. The van der Waals surface area contributed by atoms with Crippen molar-refractivity contribution < 1.29 is 0 Å². The van der Waals surface area contributed by atoms with Crippen molar-refractivity contribution in [1.29, 1.82) is 0 Å². The first-order valence-corrected chi connectivity index (χ1v) is 37.1. The molecule has 0 bridgehead atoms. The molecule has 0 N–H and O–H groups in total. The zero-order chi connectivity index (χ0) is 53.9. The number of fused-ring (bicyclic) bond motifs is 1. The number of hydrogen-bond acceptors (Lipinski definition) is 2. The van der Waals surface area contributed by atoms with Crippen molar-refractivity contribution in [2.45, 2.75) is 336 Å². The molecule has 4 rings (SSSR count). The molecule has 4 heterocycles. The molecule has 0 aliphatic heterocycles. The molecule has 0 saturated carbocycles. The number of pyridine rings is 2. The average molecular weight is 1180 g/mol. The Bertz CT molecular complexity index is 1920. The third kappa shape index (κ3) is 28.0. The Morgan fingerprint density at radius 3 is 0.803 bits per heavy atom. The van der Waals surface area contributed by atoms with Gasteiger partial charge in [-0.1, -0.05) is 207 Å². The zero-order valence-electron chi connectivity index (χ0n) is 50.2. The minimum atomic E-state index is 0.133. The summed E-state index contributed by atoms with van der Waals surface area (Å²) >= 11 is 0.266. The molecule has 4 aromatic heterocycles. The first-order chi connectivity index (χ1) is 37.5. The average Bonchev–Trinajstić information content (AvgIpc) is 4.18. The molecule has 0 radical (unpaired) electrons. The van der Waals surface area contributed by atoms with Gasteiger partial charge in [0.15, 0.2) is 0 Å². The van der Waals surface area contributed by atoms with Crippen LogP contribution in [0.5, 0.6) is 0 Å². The molecule has 0 aliphatic rings. The van der Waals surface area contributed by atoms with Crippen LogP contribution in [0.4, 0.5) is 0 Å². The summed E-state index contributed by atoms with van der Waals surface area (Å²) in [4.78, 5) is 34.2. The Labute approximate surface area is 481 Å². The van der Waals surface area contributed by atoms with Gasteiger partial charge in [-0.15, -0.1) is 0 Å². The third-order valence-corrected chi connectivity index (χ3v) is 21.1. The Hall–Kier alpha value is -1.84. The van der Waals surface area contributed by atoms with E-state index in [4.69, 9.17) is 0 Å². The van der Waals surface area contributed by atoms with Crippen LogP contribution in [0.1, 0.15) is 323 Å². The molecule has 0 aromatic carbocycles. The van der Waals surface area contributed by atoms with Gasteiger partial charge in [0.25, 0.3) is 0 Å². The molecule has 0 spiro atoms. The fourth-order valence-corrected chi connectivity index (χ4v) is 15.5. The molecular formula is C70H118N2O2Se2. The number of unbranched alkanes of at least 4 members (excludes halogenated alkanes) is 34. The molecule has 2 atom stereocenters. The first kappa shape index (κ1) is 66.7. The van der Waals surface area contributed by atoms with Crippen molar-refractivity contribution in [3.05, 3.63) is 67.0 Å². The summed E-state index contributed by atoms with van der Waals surface area (Å²) in [6.45, 7) is 10.7. The minimum Gasteiger partial charge on any atom is -0.0654 e. The maximum atomic E-state index is 14.9. The Morgan fingerprint density at radius 1 is 0.329 bits per heavy atom. The predicted octanol–water partition coefficient (Wildman–Crippen LogP) is 21.9. The van der Waals surface area contributed by atoms with Gasteiger partial charge in [-0.3, -0.25) is 0 Å². The van der Waals surface area contributed by atoms with Gasteiger partial charge in [-0.2, -0.15) is 0 Å². The van der Waals surface area contributed by atoms with Crippen molar-refractivity contribution in [1.82, 2.24) is 9.13 Å². The summed E-state index contributed by atoms with van der Waals surface area (Å²) in [5, 5.41) is 0. The van der Waals surface area contributed by atoms with Gasteiger partial charge in [0.05, 0.1) is 0 Å². The van der Waals surface area contributed by atoms with E-state index in [0.29, 0.717) is 0 Å². The smallest absolute Gasteiger partial charge is 0.0654 e. The molecule has 76 heavy (non-hydrogen) atoms. The van der Waals surface area contributed by atoms with Gasteiger partial charge in [0, 0.05) is 0 Å². The van der Waals surface area contributed by atoms with Gasteiger partial charge in [0.2, 0.25) is 0 Å². The molecule has 4 aromatic rings. The van der Waals surface area contributed by atoms with E-state index < -0.39 is 0 Å². The topological polar surface area (TPSA) is 44.0 Å². The summed E-state index contributed by atoms with van der Waals surface area (Å²) in [7, 11) is 0. The van der Waals surface area contributed by atoms with E-state index in [2.05, 4.69) is 83.1 Å². The van der Waals surface area contributed by atoms with Crippen LogP contribution in [0.2, 0.25) is 0 Å². The quantitative estimate of drug-likeness (QED) is 0.0327. The van der Waals surface area contributed by atoms with Crippen LogP contribution in [0.3, 0.4) is 0 Å². The predicted molar refractivity (Wildman–Crippen MR) is 339 cm³/mol. The van der Waals surface area contributed by atoms with Crippen molar-refractivity contribution in [2.24, 2.45) is 11.8 Å². The summed E-state index contributed by atoms with van der Waals surface area (Å²) in [5.74, 6) is 1.59. The number of hydrogen-bond donors (Lipinski definition) is 0. The third-order valence-electron chi connectivity index (χ3n) is 17.3. The van der Waals surface area contributed by atoms with Crippen LogP contribution >= 0.6 is 0 Å². The Morgan fingerprint density at radius 2 is 0.566 bits per heavy atom. The normalized spacial score (nSPS) is 12.6. The maximum absolute atomic E-state index is 14.9. The Kier molecular flexibility index (Phi) is 39.3. The minimum absolute atomic E-state index is 0.133. The second kappa shape index (κ2) is 44.9. The van der Waals surface area contributed by atoms with E-state index in [0.717, 1.165) is 81.6 Å². The van der Waals surface area contributed by atoms with Crippen LogP contribution in [0, 0.1) is 11.8 Å². The van der Waals surface area contributed by atoms with Crippen molar-refractivity contribution in [3.63, 3.8) is 0 Å². The van der Waals surface area contributed by atoms with Crippen LogP contribution < -0.4 is 11.1 Å². The van der Waals surface area contributed by atoms with Crippen molar-refractivity contribution in [2.75, 3.05) is 0 Å². The molecule has 432 valence electrons. The Balaban J connectivity index is 1.46. The monoisotopic (exact) mass is 1180 g/mol.